The fourth-order valence-electron chi connectivity index (χ4n) is 2.63. The SMILES string of the molecule is COC(=O)CCNC(=O)c1ccc(NC(=O)NCc2cccc(OC)c2OC)cc1. The van der Waals surface area contributed by atoms with Crippen LogP contribution in [0.3, 0.4) is 0 Å². The molecule has 2 rings (SSSR count). The lowest BCUT2D eigenvalue weighted by Gasteiger charge is -2.13. The van der Waals surface area contributed by atoms with Gasteiger partial charge in [-0.25, -0.2) is 4.79 Å². The van der Waals surface area contributed by atoms with Crippen LogP contribution in [0.5, 0.6) is 11.5 Å². The van der Waals surface area contributed by atoms with Crippen molar-refractivity contribution in [3.8, 4) is 11.5 Å². The molecular formula is C21H25N3O6. The van der Waals surface area contributed by atoms with Crippen LogP contribution in [0.1, 0.15) is 22.3 Å². The molecule has 2 aromatic carbocycles. The molecule has 0 bridgehead atoms. The molecule has 30 heavy (non-hydrogen) atoms. The molecule has 0 saturated carbocycles. The zero-order chi connectivity index (χ0) is 21.9. The van der Waals surface area contributed by atoms with E-state index >= 15 is 0 Å². The summed E-state index contributed by atoms with van der Waals surface area (Å²) in [5.74, 6) is 0.424. The van der Waals surface area contributed by atoms with Crippen molar-refractivity contribution in [3.05, 3.63) is 53.6 Å². The van der Waals surface area contributed by atoms with Gasteiger partial charge in [-0.15, -0.1) is 0 Å². The molecule has 2 aromatic rings. The summed E-state index contributed by atoms with van der Waals surface area (Å²) in [7, 11) is 4.37. The fourth-order valence-corrected chi connectivity index (χ4v) is 2.63. The molecule has 3 amide bonds. The van der Waals surface area contributed by atoms with E-state index in [1.165, 1.54) is 14.2 Å². The van der Waals surface area contributed by atoms with E-state index in [0.717, 1.165) is 5.56 Å². The average Bonchev–Trinajstić information content (AvgIpc) is 2.77. The molecule has 0 radical (unpaired) electrons. The van der Waals surface area contributed by atoms with Crippen molar-refractivity contribution in [2.75, 3.05) is 33.2 Å². The zero-order valence-corrected chi connectivity index (χ0v) is 17.1. The number of anilines is 1. The van der Waals surface area contributed by atoms with E-state index in [0.29, 0.717) is 22.7 Å². The van der Waals surface area contributed by atoms with Gasteiger partial charge in [0.2, 0.25) is 0 Å². The first-order chi connectivity index (χ1) is 14.5. The van der Waals surface area contributed by atoms with Crippen LogP contribution in [-0.4, -0.2) is 45.8 Å². The van der Waals surface area contributed by atoms with Crippen LogP contribution in [0.4, 0.5) is 10.5 Å². The highest BCUT2D eigenvalue weighted by Gasteiger charge is 2.11. The Morgan fingerprint density at radius 3 is 2.27 bits per heavy atom. The van der Waals surface area contributed by atoms with E-state index in [2.05, 4.69) is 20.7 Å². The lowest BCUT2D eigenvalue weighted by molar-refractivity contribution is -0.140. The van der Waals surface area contributed by atoms with Crippen LogP contribution < -0.4 is 25.4 Å². The maximum absolute atomic E-state index is 12.2. The Hall–Kier alpha value is -3.75. The molecule has 0 saturated heterocycles. The van der Waals surface area contributed by atoms with Crippen LogP contribution in [0.2, 0.25) is 0 Å². The molecule has 160 valence electrons. The minimum atomic E-state index is -0.407. The number of para-hydroxylation sites is 1. The predicted octanol–water partition coefficient (Wildman–Crippen LogP) is 2.32. The number of methoxy groups -OCH3 is 3. The number of esters is 1. The Kier molecular flexibility index (Phi) is 8.49. The number of benzene rings is 2. The number of carbonyl (C=O) groups excluding carboxylic acids is 3. The Balaban J connectivity index is 1.86. The maximum Gasteiger partial charge on any atom is 0.319 e. The zero-order valence-electron chi connectivity index (χ0n) is 17.1. The Bertz CT molecular complexity index is 883. The number of hydrogen-bond acceptors (Lipinski definition) is 6. The van der Waals surface area contributed by atoms with Crippen LogP contribution in [-0.2, 0) is 16.1 Å². The van der Waals surface area contributed by atoms with Gasteiger partial charge < -0.3 is 30.2 Å². The van der Waals surface area contributed by atoms with E-state index in [4.69, 9.17) is 9.47 Å². The summed E-state index contributed by atoms with van der Waals surface area (Å²) in [6.07, 6.45) is 0.0973. The molecule has 0 aliphatic heterocycles. The van der Waals surface area contributed by atoms with Crippen LogP contribution >= 0.6 is 0 Å². The van der Waals surface area contributed by atoms with E-state index in [1.807, 2.05) is 12.1 Å². The number of carbonyl (C=O) groups is 3. The van der Waals surface area contributed by atoms with Gasteiger partial charge >= 0.3 is 12.0 Å². The quantitative estimate of drug-likeness (QED) is 0.542. The van der Waals surface area contributed by atoms with Gasteiger partial charge in [0.1, 0.15) is 0 Å². The van der Waals surface area contributed by atoms with Crippen LogP contribution in [0.25, 0.3) is 0 Å². The van der Waals surface area contributed by atoms with E-state index in [9.17, 15) is 14.4 Å². The molecule has 3 N–H and O–H groups in total. The standard InChI is InChI=1S/C21H25N3O6/c1-28-17-6-4-5-15(19(17)30-3)13-23-21(27)24-16-9-7-14(8-10-16)20(26)22-12-11-18(25)29-2/h4-10H,11-13H2,1-3H3,(H,22,26)(H2,23,24,27). The van der Waals surface area contributed by atoms with E-state index < -0.39 is 12.0 Å². The largest absolute Gasteiger partial charge is 0.493 e. The molecule has 0 aromatic heterocycles. The Labute approximate surface area is 174 Å². The van der Waals surface area contributed by atoms with Gasteiger partial charge in [-0.3, -0.25) is 9.59 Å². The summed E-state index contributed by atoms with van der Waals surface area (Å²) < 4.78 is 15.1. The summed E-state index contributed by atoms with van der Waals surface area (Å²) >= 11 is 0. The van der Waals surface area contributed by atoms with Gasteiger partial charge in [-0.1, -0.05) is 12.1 Å². The number of ether oxygens (including phenoxy) is 3. The molecule has 0 aliphatic carbocycles. The Morgan fingerprint density at radius 2 is 1.63 bits per heavy atom. The average molecular weight is 415 g/mol. The van der Waals surface area contributed by atoms with Crippen LogP contribution in [0, 0.1) is 0 Å². The highest BCUT2D eigenvalue weighted by atomic mass is 16.5. The lowest BCUT2D eigenvalue weighted by atomic mass is 10.2. The molecule has 9 heteroatoms. The highest BCUT2D eigenvalue weighted by Crippen LogP contribution is 2.30. The summed E-state index contributed by atoms with van der Waals surface area (Å²) in [6, 6.07) is 11.4. The third-order valence-corrected chi connectivity index (χ3v) is 4.17. The summed E-state index contributed by atoms with van der Waals surface area (Å²) in [5.41, 5.74) is 1.70. The molecule has 0 fully saturated rings. The smallest absolute Gasteiger partial charge is 0.319 e. The van der Waals surface area contributed by atoms with Crippen molar-refractivity contribution in [2.24, 2.45) is 0 Å². The molecule has 0 aliphatic rings. The normalized spacial score (nSPS) is 9.97. The van der Waals surface area contributed by atoms with Crippen LogP contribution in [0.15, 0.2) is 42.5 Å². The van der Waals surface area contributed by atoms with Crippen molar-refractivity contribution in [3.63, 3.8) is 0 Å². The van der Waals surface area contributed by atoms with Crippen molar-refractivity contribution in [1.29, 1.82) is 0 Å². The molecule has 0 spiro atoms. The second-order valence-corrected chi connectivity index (χ2v) is 6.12. The summed E-state index contributed by atoms with van der Waals surface area (Å²) in [6.45, 7) is 0.425. The van der Waals surface area contributed by atoms with Crippen molar-refractivity contribution in [1.82, 2.24) is 10.6 Å². The molecule has 9 nitrogen and oxygen atoms in total. The second kappa shape index (κ2) is 11.3. The lowest BCUT2D eigenvalue weighted by Crippen LogP contribution is -2.28. The first-order valence-corrected chi connectivity index (χ1v) is 9.18. The first-order valence-electron chi connectivity index (χ1n) is 9.18. The fraction of sp³-hybridized carbons (Fsp3) is 0.286. The molecule has 0 unspecified atom stereocenters. The van der Waals surface area contributed by atoms with Gasteiger partial charge in [0, 0.05) is 29.9 Å². The summed E-state index contributed by atoms with van der Waals surface area (Å²) in [4.78, 5) is 35.3. The van der Waals surface area contributed by atoms with Crippen molar-refractivity contribution < 1.29 is 28.6 Å². The number of nitrogens with one attached hydrogen (secondary N) is 3. The van der Waals surface area contributed by atoms with Crippen molar-refractivity contribution >= 4 is 23.6 Å². The highest BCUT2D eigenvalue weighted by molar-refractivity contribution is 5.95. The first kappa shape index (κ1) is 22.5. The second-order valence-electron chi connectivity index (χ2n) is 6.12. The molecular weight excluding hydrogens is 390 g/mol. The molecule has 0 atom stereocenters. The molecule has 0 heterocycles. The van der Waals surface area contributed by atoms with Crippen molar-refractivity contribution in [2.45, 2.75) is 13.0 Å². The van der Waals surface area contributed by atoms with Gasteiger partial charge in [0.05, 0.1) is 27.8 Å². The summed E-state index contributed by atoms with van der Waals surface area (Å²) in [5, 5.41) is 8.06. The maximum atomic E-state index is 12.2. The third-order valence-electron chi connectivity index (χ3n) is 4.17. The number of amides is 3. The topological polar surface area (TPSA) is 115 Å². The number of rotatable bonds is 9. The predicted molar refractivity (Wildman–Crippen MR) is 111 cm³/mol. The van der Waals surface area contributed by atoms with Gasteiger partial charge in [-0.05, 0) is 30.3 Å². The van der Waals surface area contributed by atoms with E-state index in [1.54, 1.807) is 37.4 Å². The number of urea groups is 1. The minimum absolute atomic E-state index is 0.0973. The minimum Gasteiger partial charge on any atom is -0.493 e. The van der Waals surface area contributed by atoms with Gasteiger partial charge in [-0.2, -0.15) is 0 Å². The van der Waals surface area contributed by atoms with Gasteiger partial charge in [0.15, 0.2) is 11.5 Å². The van der Waals surface area contributed by atoms with E-state index in [-0.39, 0.29) is 25.4 Å². The third kappa shape index (κ3) is 6.40. The van der Waals surface area contributed by atoms with Gasteiger partial charge in [0.25, 0.3) is 5.91 Å². The Morgan fingerprint density at radius 1 is 0.900 bits per heavy atom. The number of hydrogen-bond donors (Lipinski definition) is 3. The monoisotopic (exact) mass is 415 g/mol.